The Balaban J connectivity index is 1.54. The molecule has 1 amide bonds. The Kier molecular flexibility index (Phi) is 5.63. The number of H-pyrrole nitrogens is 1. The van der Waals surface area contributed by atoms with Crippen LogP contribution in [0.1, 0.15) is 41.9 Å². The molecule has 2 aromatic heterocycles. The molecule has 1 aromatic carbocycles. The highest BCUT2D eigenvalue weighted by molar-refractivity contribution is 7.71. The molecule has 9 heteroatoms. The van der Waals surface area contributed by atoms with Crippen LogP contribution in [0.4, 0.5) is 0 Å². The molecule has 30 heavy (non-hydrogen) atoms. The minimum atomic E-state index is -0.187. The normalized spacial score (nSPS) is 14.9. The Morgan fingerprint density at radius 3 is 2.83 bits per heavy atom. The van der Waals surface area contributed by atoms with E-state index < -0.39 is 0 Å². The van der Waals surface area contributed by atoms with Crippen molar-refractivity contribution >= 4 is 29.0 Å². The van der Waals surface area contributed by atoms with Crippen molar-refractivity contribution in [1.82, 2.24) is 29.2 Å². The highest BCUT2D eigenvalue weighted by Gasteiger charge is 2.27. The molecule has 1 saturated heterocycles. The number of fused-ring (bicyclic) bond motifs is 1. The van der Waals surface area contributed by atoms with Gasteiger partial charge in [0.05, 0.1) is 10.9 Å². The number of aromatic nitrogens is 5. The molecule has 1 aliphatic heterocycles. The van der Waals surface area contributed by atoms with Gasteiger partial charge in [0.25, 0.3) is 11.5 Å². The van der Waals surface area contributed by atoms with Crippen molar-refractivity contribution in [3.8, 4) is 0 Å². The Hall–Kier alpha value is -3.07. The number of carbonyl (C=O) groups is 1. The second-order valence-electron chi connectivity index (χ2n) is 7.44. The van der Waals surface area contributed by atoms with Gasteiger partial charge in [-0.2, -0.15) is 0 Å². The van der Waals surface area contributed by atoms with Gasteiger partial charge in [0.15, 0.2) is 4.77 Å². The van der Waals surface area contributed by atoms with Gasteiger partial charge in [-0.05, 0) is 50.2 Å². The van der Waals surface area contributed by atoms with E-state index >= 15 is 0 Å². The van der Waals surface area contributed by atoms with Crippen LogP contribution in [0.5, 0.6) is 0 Å². The van der Waals surface area contributed by atoms with Gasteiger partial charge < -0.3 is 14.5 Å². The minimum absolute atomic E-state index is 0.0399. The first-order chi connectivity index (χ1) is 14.5. The molecular formula is C21H24N6O2S. The maximum absolute atomic E-state index is 13.1. The molecule has 4 rings (SSSR count). The maximum Gasteiger partial charge on any atom is 0.262 e. The molecule has 0 bridgehead atoms. The molecule has 0 radical (unpaired) electrons. The van der Waals surface area contributed by atoms with Crippen LogP contribution in [0.2, 0.25) is 0 Å². The van der Waals surface area contributed by atoms with E-state index in [0.29, 0.717) is 46.8 Å². The monoisotopic (exact) mass is 424 g/mol. The Labute approximate surface area is 178 Å². The average Bonchev–Trinajstić information content (AvgIpc) is 3.25. The molecule has 0 aliphatic carbocycles. The first-order valence-electron chi connectivity index (χ1n) is 10.1. The van der Waals surface area contributed by atoms with Crippen LogP contribution in [0.25, 0.3) is 10.9 Å². The zero-order chi connectivity index (χ0) is 21.3. The fourth-order valence-corrected chi connectivity index (χ4v) is 4.30. The predicted molar refractivity (Wildman–Crippen MR) is 117 cm³/mol. The van der Waals surface area contributed by atoms with Crippen molar-refractivity contribution in [3.63, 3.8) is 0 Å². The Morgan fingerprint density at radius 1 is 1.37 bits per heavy atom. The van der Waals surface area contributed by atoms with E-state index in [1.807, 2.05) is 4.90 Å². The number of likely N-dealkylation sites (tertiary alicyclic amines) is 1. The van der Waals surface area contributed by atoms with Crippen molar-refractivity contribution in [3.05, 3.63) is 63.7 Å². The standard InChI is InChI=1S/C21H24N6O2S/c1-3-9-27-20(29)16-6-5-15(12-17(16)23-21(27)30)19(28)26-10-7-14(8-11-26)18-24-22-13-25(18)4-2/h3,5-6,12-14H,1,4,7-11H2,2H3,(H,23,30). The number of benzene rings is 1. The molecule has 0 spiro atoms. The lowest BCUT2D eigenvalue weighted by Crippen LogP contribution is -2.38. The number of hydrogen-bond donors (Lipinski definition) is 1. The third-order valence-electron chi connectivity index (χ3n) is 5.67. The molecule has 1 N–H and O–H groups in total. The van der Waals surface area contributed by atoms with E-state index in [-0.39, 0.29) is 11.5 Å². The van der Waals surface area contributed by atoms with Gasteiger partial charge in [0.2, 0.25) is 0 Å². The lowest BCUT2D eigenvalue weighted by molar-refractivity contribution is 0.0710. The molecule has 0 unspecified atom stereocenters. The number of nitrogens with zero attached hydrogens (tertiary/aromatic N) is 5. The van der Waals surface area contributed by atoms with Crippen LogP contribution in [-0.4, -0.2) is 48.2 Å². The maximum atomic E-state index is 13.1. The summed E-state index contributed by atoms with van der Waals surface area (Å²) in [6, 6.07) is 5.11. The summed E-state index contributed by atoms with van der Waals surface area (Å²) in [4.78, 5) is 30.6. The summed E-state index contributed by atoms with van der Waals surface area (Å²) in [7, 11) is 0. The van der Waals surface area contributed by atoms with Gasteiger partial charge in [-0.3, -0.25) is 14.2 Å². The number of carbonyl (C=O) groups excluding carboxylic acids is 1. The molecule has 3 heterocycles. The van der Waals surface area contributed by atoms with Gasteiger partial charge in [0, 0.05) is 37.7 Å². The predicted octanol–water partition coefficient (Wildman–Crippen LogP) is 2.88. The average molecular weight is 425 g/mol. The van der Waals surface area contributed by atoms with Crippen LogP contribution in [0.15, 0.2) is 42.0 Å². The fraction of sp³-hybridized carbons (Fsp3) is 0.381. The molecule has 1 fully saturated rings. The van der Waals surface area contributed by atoms with E-state index in [4.69, 9.17) is 12.2 Å². The summed E-state index contributed by atoms with van der Waals surface area (Å²) in [5.74, 6) is 1.27. The molecule has 156 valence electrons. The van der Waals surface area contributed by atoms with Crippen LogP contribution < -0.4 is 5.56 Å². The SMILES string of the molecule is C=CCn1c(=S)[nH]c2cc(C(=O)N3CCC(c4nncn4CC)CC3)ccc2c1=O. The topological polar surface area (TPSA) is 88.8 Å². The number of nitrogens with one attached hydrogen (secondary N) is 1. The first kappa shape index (κ1) is 20.2. The minimum Gasteiger partial charge on any atom is -0.339 e. The quantitative estimate of drug-likeness (QED) is 0.503. The molecule has 0 saturated carbocycles. The molecule has 0 atom stereocenters. The third-order valence-corrected chi connectivity index (χ3v) is 6.00. The van der Waals surface area contributed by atoms with Gasteiger partial charge in [-0.1, -0.05) is 6.08 Å². The fourth-order valence-electron chi connectivity index (χ4n) is 4.03. The summed E-state index contributed by atoms with van der Waals surface area (Å²) in [5.41, 5.74) is 0.930. The zero-order valence-electron chi connectivity index (χ0n) is 16.9. The number of aryl methyl sites for hydroxylation is 1. The number of hydrogen-bond acceptors (Lipinski definition) is 5. The largest absolute Gasteiger partial charge is 0.339 e. The number of rotatable bonds is 5. The molecule has 3 aromatic rings. The highest BCUT2D eigenvalue weighted by Crippen LogP contribution is 2.27. The van der Waals surface area contributed by atoms with Crippen LogP contribution in [-0.2, 0) is 13.1 Å². The van der Waals surface area contributed by atoms with E-state index in [9.17, 15) is 9.59 Å². The van der Waals surface area contributed by atoms with Gasteiger partial charge in [0.1, 0.15) is 12.2 Å². The van der Waals surface area contributed by atoms with Crippen molar-refractivity contribution in [2.24, 2.45) is 0 Å². The van der Waals surface area contributed by atoms with Crippen LogP contribution in [0, 0.1) is 4.77 Å². The van der Waals surface area contributed by atoms with E-state index in [0.717, 1.165) is 25.2 Å². The van der Waals surface area contributed by atoms with Crippen molar-refractivity contribution in [1.29, 1.82) is 0 Å². The Bertz CT molecular complexity index is 1220. The number of amides is 1. The number of piperidine rings is 1. The van der Waals surface area contributed by atoms with Crippen molar-refractivity contribution in [2.75, 3.05) is 13.1 Å². The first-order valence-corrected chi connectivity index (χ1v) is 10.5. The summed E-state index contributed by atoms with van der Waals surface area (Å²) in [6.45, 7) is 8.24. The lowest BCUT2D eigenvalue weighted by atomic mass is 9.95. The molecule has 1 aliphatic rings. The van der Waals surface area contributed by atoms with Crippen LogP contribution in [0.3, 0.4) is 0 Å². The van der Waals surface area contributed by atoms with Gasteiger partial charge in [-0.15, -0.1) is 16.8 Å². The summed E-state index contributed by atoms with van der Waals surface area (Å²) in [6.07, 6.45) is 5.09. The van der Waals surface area contributed by atoms with Crippen molar-refractivity contribution < 1.29 is 4.79 Å². The summed E-state index contributed by atoms with van der Waals surface area (Å²) < 4.78 is 3.83. The van der Waals surface area contributed by atoms with E-state index in [1.165, 1.54) is 4.57 Å². The second-order valence-corrected chi connectivity index (χ2v) is 7.82. The van der Waals surface area contributed by atoms with Crippen molar-refractivity contribution in [2.45, 2.75) is 38.8 Å². The third kappa shape index (κ3) is 3.60. The number of aromatic amines is 1. The summed E-state index contributed by atoms with van der Waals surface area (Å²) >= 11 is 5.29. The second kappa shape index (κ2) is 8.35. The number of allylic oxidation sites excluding steroid dienone is 1. The van der Waals surface area contributed by atoms with E-state index in [1.54, 1.807) is 30.6 Å². The van der Waals surface area contributed by atoms with Gasteiger partial charge >= 0.3 is 0 Å². The highest BCUT2D eigenvalue weighted by atomic mass is 32.1. The Morgan fingerprint density at radius 2 is 2.13 bits per heavy atom. The lowest BCUT2D eigenvalue weighted by Gasteiger charge is -2.31. The molecular weight excluding hydrogens is 400 g/mol. The van der Waals surface area contributed by atoms with Crippen LogP contribution >= 0.6 is 12.2 Å². The van der Waals surface area contributed by atoms with E-state index in [2.05, 4.69) is 33.3 Å². The molecule has 8 nitrogen and oxygen atoms in total. The summed E-state index contributed by atoms with van der Waals surface area (Å²) in [5, 5.41) is 8.79. The zero-order valence-corrected chi connectivity index (χ0v) is 17.7. The smallest absolute Gasteiger partial charge is 0.262 e. The van der Waals surface area contributed by atoms with Gasteiger partial charge in [-0.25, -0.2) is 0 Å².